The van der Waals surface area contributed by atoms with Crippen molar-refractivity contribution < 1.29 is 19.8 Å². The van der Waals surface area contributed by atoms with Gasteiger partial charge in [0, 0.05) is 43.6 Å². The smallest absolute Gasteiger partial charge is 0.335 e. The maximum Gasteiger partial charge on any atom is 0.335 e. The number of carbonyl (C=O) groups is 2. The van der Waals surface area contributed by atoms with E-state index in [0.717, 1.165) is 16.7 Å². The van der Waals surface area contributed by atoms with Crippen LogP contribution in [0.3, 0.4) is 0 Å². The molecule has 0 bridgehead atoms. The summed E-state index contributed by atoms with van der Waals surface area (Å²) in [5.74, 6) is -0.782. The minimum absolute atomic E-state index is 0.0182. The Bertz CT molecular complexity index is 1070. The van der Waals surface area contributed by atoms with E-state index in [4.69, 9.17) is 5.11 Å². The molecule has 0 saturated heterocycles. The van der Waals surface area contributed by atoms with Gasteiger partial charge in [0.1, 0.15) is 0 Å². The molecule has 0 saturated carbocycles. The first kappa shape index (κ1) is 25.1. The normalized spacial score (nSPS) is 11.9. The third-order valence-electron chi connectivity index (χ3n) is 5.76. The maximum absolute atomic E-state index is 13.4. The molecule has 0 aliphatic heterocycles. The van der Waals surface area contributed by atoms with Crippen molar-refractivity contribution in [2.45, 2.75) is 39.5 Å². The lowest BCUT2D eigenvalue weighted by Gasteiger charge is -2.24. The van der Waals surface area contributed by atoms with E-state index in [1.54, 1.807) is 41.6 Å². The number of aromatic carboxylic acids is 1. The van der Waals surface area contributed by atoms with E-state index in [1.165, 1.54) is 0 Å². The first-order valence-corrected chi connectivity index (χ1v) is 11.3. The van der Waals surface area contributed by atoms with Crippen LogP contribution >= 0.6 is 0 Å². The number of carboxylic acid groups (broad SMARTS) is 1. The number of carbonyl (C=O) groups excluding carboxylic acids is 1. The highest BCUT2D eigenvalue weighted by molar-refractivity contribution is 5.94. The topological polar surface area (TPSA) is 103 Å². The zero-order chi connectivity index (χ0) is 24.5. The van der Waals surface area contributed by atoms with Gasteiger partial charge in [0.25, 0.3) is 5.91 Å². The molecule has 3 N–H and O–H groups in total. The van der Waals surface area contributed by atoms with E-state index in [2.05, 4.69) is 24.1 Å². The fourth-order valence-corrected chi connectivity index (χ4v) is 3.59. The molecule has 34 heavy (non-hydrogen) atoms. The number of aliphatic hydroxyl groups is 1. The summed E-state index contributed by atoms with van der Waals surface area (Å²) in [6.45, 7) is 5.54. The number of hydrogen-bond acceptors (Lipinski definition) is 5. The lowest BCUT2D eigenvalue weighted by Crippen LogP contribution is -2.36. The van der Waals surface area contributed by atoms with Crippen molar-refractivity contribution in [2.75, 3.05) is 6.61 Å². The number of aliphatic hydroxyl groups excluding tert-OH is 1. The largest absolute Gasteiger partial charge is 0.478 e. The van der Waals surface area contributed by atoms with Crippen LogP contribution in [0.5, 0.6) is 0 Å². The molecule has 0 fully saturated rings. The summed E-state index contributed by atoms with van der Waals surface area (Å²) in [6, 6.07) is 17.8. The van der Waals surface area contributed by atoms with Gasteiger partial charge in [-0.25, -0.2) is 4.79 Å². The summed E-state index contributed by atoms with van der Waals surface area (Å²) in [5.41, 5.74) is 3.61. The molecule has 0 radical (unpaired) electrons. The van der Waals surface area contributed by atoms with Crippen molar-refractivity contribution in [3.05, 3.63) is 101 Å². The van der Waals surface area contributed by atoms with Gasteiger partial charge in [0.2, 0.25) is 0 Å². The summed E-state index contributed by atoms with van der Waals surface area (Å²) in [5, 5.41) is 22.0. The molecule has 0 spiro atoms. The average Bonchev–Trinajstić information content (AvgIpc) is 2.85. The second kappa shape index (κ2) is 12.1. The highest BCUT2D eigenvalue weighted by Gasteiger charge is 2.18. The number of rotatable bonds is 11. The van der Waals surface area contributed by atoms with Crippen molar-refractivity contribution in [1.29, 1.82) is 0 Å². The van der Waals surface area contributed by atoms with Gasteiger partial charge in [-0.1, -0.05) is 38.1 Å². The molecule has 3 rings (SSSR count). The number of pyridine rings is 1. The molecule has 7 heteroatoms. The Morgan fingerprint density at radius 3 is 1.91 bits per heavy atom. The molecular formula is C27H31N3O4. The minimum Gasteiger partial charge on any atom is -0.478 e. The van der Waals surface area contributed by atoms with E-state index in [-0.39, 0.29) is 24.1 Å². The molecule has 0 unspecified atom stereocenters. The molecule has 0 aliphatic carbocycles. The standard InChI is InChI=1S/C27H31N3O4/c1-19(2)25(18-31)29-15-20-3-7-23(8-4-20)26(32)30(17-22-11-13-28-14-12-22)16-21-5-9-24(10-6-21)27(33)34/h3-14,19,25,29,31H,15-18H2,1-2H3,(H,33,34)/t25-/m1/s1. The molecule has 1 heterocycles. The third kappa shape index (κ3) is 6.97. The van der Waals surface area contributed by atoms with E-state index in [0.29, 0.717) is 31.1 Å². The van der Waals surface area contributed by atoms with Crippen LogP contribution < -0.4 is 5.32 Å². The van der Waals surface area contributed by atoms with E-state index < -0.39 is 5.97 Å². The molecule has 0 aliphatic rings. The van der Waals surface area contributed by atoms with E-state index in [1.807, 2.05) is 36.4 Å². The van der Waals surface area contributed by atoms with Crippen LogP contribution in [0.1, 0.15) is 51.3 Å². The molecular weight excluding hydrogens is 430 g/mol. The number of carboxylic acids is 1. The average molecular weight is 462 g/mol. The lowest BCUT2D eigenvalue weighted by atomic mass is 10.0. The molecule has 7 nitrogen and oxygen atoms in total. The van der Waals surface area contributed by atoms with Crippen molar-refractivity contribution in [3.8, 4) is 0 Å². The van der Waals surface area contributed by atoms with Gasteiger partial charge in [0.05, 0.1) is 12.2 Å². The summed E-state index contributed by atoms with van der Waals surface area (Å²) in [4.78, 5) is 30.3. The SMILES string of the molecule is CC(C)[C@@H](CO)NCc1ccc(C(=O)N(Cc2ccncc2)Cc2ccc(C(=O)O)cc2)cc1. The molecule has 1 amide bonds. The first-order chi connectivity index (χ1) is 16.4. The second-order valence-corrected chi connectivity index (χ2v) is 8.63. The predicted octanol–water partition coefficient (Wildman–Crippen LogP) is 3.73. The van der Waals surface area contributed by atoms with Crippen LogP contribution in [0.2, 0.25) is 0 Å². The number of hydrogen-bond donors (Lipinski definition) is 3. The van der Waals surface area contributed by atoms with Crippen LogP contribution in [0.4, 0.5) is 0 Å². The number of benzene rings is 2. The molecule has 178 valence electrons. The molecule has 1 atom stereocenters. The number of aromatic nitrogens is 1. The summed E-state index contributed by atoms with van der Waals surface area (Å²) in [7, 11) is 0. The Labute approximate surface area is 200 Å². The van der Waals surface area contributed by atoms with Crippen molar-refractivity contribution in [2.24, 2.45) is 5.92 Å². The lowest BCUT2D eigenvalue weighted by molar-refractivity contribution is 0.0693. The van der Waals surface area contributed by atoms with E-state index in [9.17, 15) is 14.7 Å². The quantitative estimate of drug-likeness (QED) is 0.402. The third-order valence-corrected chi connectivity index (χ3v) is 5.76. The minimum atomic E-state index is -0.982. The Hall–Kier alpha value is -3.55. The van der Waals surface area contributed by atoms with Crippen LogP contribution in [0.25, 0.3) is 0 Å². The Kier molecular flexibility index (Phi) is 8.90. The molecule has 3 aromatic rings. The van der Waals surface area contributed by atoms with E-state index >= 15 is 0 Å². The fraction of sp³-hybridized carbons (Fsp3) is 0.296. The zero-order valence-corrected chi connectivity index (χ0v) is 19.5. The highest BCUT2D eigenvalue weighted by atomic mass is 16.4. The van der Waals surface area contributed by atoms with Gasteiger partial charge in [0.15, 0.2) is 0 Å². The fourth-order valence-electron chi connectivity index (χ4n) is 3.59. The van der Waals surface area contributed by atoms with Gasteiger partial charge in [-0.05, 0) is 59.0 Å². The summed E-state index contributed by atoms with van der Waals surface area (Å²) >= 11 is 0. The van der Waals surface area contributed by atoms with Gasteiger partial charge >= 0.3 is 5.97 Å². The number of nitrogens with zero attached hydrogens (tertiary/aromatic N) is 2. The Morgan fingerprint density at radius 1 is 0.853 bits per heavy atom. The van der Waals surface area contributed by atoms with Crippen LogP contribution in [0, 0.1) is 5.92 Å². The zero-order valence-electron chi connectivity index (χ0n) is 19.5. The monoisotopic (exact) mass is 461 g/mol. The number of amides is 1. The van der Waals surface area contributed by atoms with Crippen molar-refractivity contribution in [3.63, 3.8) is 0 Å². The van der Waals surface area contributed by atoms with Crippen molar-refractivity contribution in [1.82, 2.24) is 15.2 Å². The summed E-state index contributed by atoms with van der Waals surface area (Å²) < 4.78 is 0. The van der Waals surface area contributed by atoms with Crippen LogP contribution in [0.15, 0.2) is 73.1 Å². The highest BCUT2D eigenvalue weighted by Crippen LogP contribution is 2.16. The van der Waals surface area contributed by atoms with Gasteiger partial charge in [-0.2, -0.15) is 0 Å². The molecule has 1 aromatic heterocycles. The maximum atomic E-state index is 13.4. The summed E-state index contributed by atoms with van der Waals surface area (Å²) in [6.07, 6.45) is 3.39. The van der Waals surface area contributed by atoms with Crippen LogP contribution in [-0.2, 0) is 19.6 Å². The number of nitrogens with one attached hydrogen (secondary N) is 1. The second-order valence-electron chi connectivity index (χ2n) is 8.63. The predicted molar refractivity (Wildman–Crippen MR) is 130 cm³/mol. The Balaban J connectivity index is 1.75. The molecule has 2 aromatic carbocycles. The van der Waals surface area contributed by atoms with Crippen molar-refractivity contribution >= 4 is 11.9 Å². The van der Waals surface area contributed by atoms with Gasteiger partial charge in [-0.3, -0.25) is 9.78 Å². The van der Waals surface area contributed by atoms with Crippen LogP contribution in [-0.4, -0.2) is 44.6 Å². The van der Waals surface area contributed by atoms with Gasteiger partial charge < -0.3 is 20.4 Å². The van der Waals surface area contributed by atoms with Gasteiger partial charge in [-0.15, -0.1) is 0 Å². The first-order valence-electron chi connectivity index (χ1n) is 11.3. The Morgan fingerprint density at radius 2 is 1.38 bits per heavy atom.